The molecule has 0 saturated heterocycles. The van der Waals surface area contributed by atoms with Gasteiger partial charge in [-0.1, -0.05) is 25.1 Å². The normalized spacial score (nSPS) is 13.2. The Morgan fingerprint density at radius 3 is 3.07 bits per heavy atom. The first-order valence-corrected chi connectivity index (χ1v) is 7.08. The summed E-state index contributed by atoms with van der Waals surface area (Å²) in [6.07, 6.45) is -0.336. The molecule has 1 aromatic heterocycles. The van der Waals surface area contributed by atoms with E-state index in [1.807, 2.05) is 12.1 Å². The van der Waals surface area contributed by atoms with Crippen LogP contribution in [0.2, 0.25) is 0 Å². The molecule has 0 aliphatic rings. The predicted octanol–water partition coefficient (Wildman–Crippen LogP) is 3.69. The first kappa shape index (κ1) is 11.0. The Hall–Kier alpha value is -0.510. The van der Waals surface area contributed by atoms with Crippen molar-refractivity contribution in [2.24, 2.45) is 0 Å². The molecule has 1 aromatic carbocycles. The first-order chi connectivity index (χ1) is 7.33. The van der Waals surface area contributed by atoms with E-state index in [-0.39, 0.29) is 6.10 Å². The highest BCUT2D eigenvalue weighted by atomic mass is 32.2. The second-order valence-corrected chi connectivity index (χ2v) is 5.60. The third kappa shape index (κ3) is 2.36. The Labute approximate surface area is 98.1 Å². The summed E-state index contributed by atoms with van der Waals surface area (Å²) in [6.45, 7) is 2.11. The molecular weight excluding hydrogens is 224 g/mol. The third-order valence-electron chi connectivity index (χ3n) is 2.35. The van der Waals surface area contributed by atoms with Gasteiger partial charge in [0.2, 0.25) is 0 Å². The molecule has 0 aliphatic heterocycles. The van der Waals surface area contributed by atoms with Gasteiger partial charge in [0.05, 0.1) is 6.10 Å². The molecule has 1 heterocycles. The van der Waals surface area contributed by atoms with Crippen molar-refractivity contribution in [3.63, 3.8) is 0 Å². The number of aliphatic hydroxyl groups excluding tert-OH is 1. The zero-order chi connectivity index (χ0) is 10.7. The van der Waals surface area contributed by atoms with Gasteiger partial charge in [-0.3, -0.25) is 0 Å². The smallest absolute Gasteiger partial charge is 0.0894 e. The minimum atomic E-state index is -0.336. The predicted molar refractivity (Wildman–Crippen MR) is 69.8 cm³/mol. The molecule has 0 fully saturated rings. The molecule has 0 bridgehead atoms. The van der Waals surface area contributed by atoms with Crippen LogP contribution in [0.1, 0.15) is 18.6 Å². The number of hydrogen-bond donors (Lipinski definition) is 1. The van der Waals surface area contributed by atoms with E-state index in [1.54, 1.807) is 23.1 Å². The van der Waals surface area contributed by atoms with Gasteiger partial charge in [0.25, 0.3) is 0 Å². The van der Waals surface area contributed by atoms with Crippen molar-refractivity contribution in [1.29, 1.82) is 0 Å². The maximum Gasteiger partial charge on any atom is 0.0894 e. The average Bonchev–Trinajstić information content (AvgIpc) is 2.73. The summed E-state index contributed by atoms with van der Waals surface area (Å²) in [5.74, 6) is 1.84. The Morgan fingerprint density at radius 1 is 1.40 bits per heavy atom. The van der Waals surface area contributed by atoms with E-state index in [1.165, 1.54) is 10.1 Å². The largest absolute Gasteiger partial charge is 0.387 e. The van der Waals surface area contributed by atoms with Crippen molar-refractivity contribution < 1.29 is 5.11 Å². The topological polar surface area (TPSA) is 20.2 Å². The summed E-state index contributed by atoms with van der Waals surface area (Å²) in [4.78, 5) is 0. The van der Waals surface area contributed by atoms with Gasteiger partial charge in [-0.15, -0.1) is 11.3 Å². The molecule has 0 radical (unpaired) electrons. The number of fused-ring (bicyclic) bond motifs is 1. The SMILES string of the molecule is CCSCC(O)c1cccc2ccsc12. The number of thioether (sulfide) groups is 1. The lowest BCUT2D eigenvalue weighted by molar-refractivity contribution is 0.206. The quantitative estimate of drug-likeness (QED) is 0.876. The highest BCUT2D eigenvalue weighted by Crippen LogP contribution is 2.30. The minimum Gasteiger partial charge on any atom is -0.387 e. The monoisotopic (exact) mass is 238 g/mol. The summed E-state index contributed by atoms with van der Waals surface area (Å²) < 4.78 is 1.22. The van der Waals surface area contributed by atoms with Gasteiger partial charge < -0.3 is 5.11 Å². The molecule has 2 aromatic rings. The summed E-state index contributed by atoms with van der Waals surface area (Å²) >= 11 is 3.48. The van der Waals surface area contributed by atoms with Crippen LogP contribution >= 0.6 is 23.1 Å². The molecule has 0 amide bonds. The second kappa shape index (κ2) is 5.01. The molecule has 1 unspecified atom stereocenters. The van der Waals surface area contributed by atoms with Crippen molar-refractivity contribution in [1.82, 2.24) is 0 Å². The molecule has 3 heteroatoms. The lowest BCUT2D eigenvalue weighted by atomic mass is 10.1. The fraction of sp³-hybridized carbons (Fsp3) is 0.333. The van der Waals surface area contributed by atoms with Crippen molar-refractivity contribution in [3.05, 3.63) is 35.2 Å². The highest BCUT2D eigenvalue weighted by molar-refractivity contribution is 7.99. The zero-order valence-electron chi connectivity index (χ0n) is 8.64. The number of hydrogen-bond acceptors (Lipinski definition) is 3. The summed E-state index contributed by atoms with van der Waals surface area (Å²) in [5.41, 5.74) is 1.07. The standard InChI is InChI=1S/C12H14OS2/c1-2-14-8-11(13)10-5-3-4-9-6-7-15-12(9)10/h3-7,11,13H,2,8H2,1H3. The molecular formula is C12H14OS2. The van der Waals surface area contributed by atoms with Gasteiger partial charge >= 0.3 is 0 Å². The van der Waals surface area contributed by atoms with Crippen LogP contribution in [0.3, 0.4) is 0 Å². The van der Waals surface area contributed by atoms with E-state index in [4.69, 9.17) is 0 Å². The number of benzene rings is 1. The van der Waals surface area contributed by atoms with E-state index in [9.17, 15) is 5.11 Å². The zero-order valence-corrected chi connectivity index (χ0v) is 10.3. The van der Waals surface area contributed by atoms with E-state index < -0.39 is 0 Å². The Bertz CT molecular complexity index is 436. The van der Waals surface area contributed by atoms with Gasteiger partial charge in [0.15, 0.2) is 0 Å². The molecule has 1 N–H and O–H groups in total. The van der Waals surface area contributed by atoms with E-state index in [2.05, 4.69) is 24.4 Å². The molecule has 0 saturated carbocycles. The Balaban J connectivity index is 2.29. The summed E-state index contributed by atoms with van der Waals surface area (Å²) in [7, 11) is 0. The number of rotatable bonds is 4. The van der Waals surface area contributed by atoms with Crippen LogP contribution in [0.4, 0.5) is 0 Å². The molecule has 1 nitrogen and oxygen atoms in total. The van der Waals surface area contributed by atoms with Crippen LogP contribution < -0.4 is 0 Å². The van der Waals surface area contributed by atoms with Crippen LogP contribution in [0, 0.1) is 0 Å². The minimum absolute atomic E-state index is 0.336. The fourth-order valence-corrected chi connectivity index (χ4v) is 3.20. The van der Waals surface area contributed by atoms with Crippen LogP contribution in [-0.4, -0.2) is 16.6 Å². The number of aliphatic hydroxyl groups is 1. The molecule has 15 heavy (non-hydrogen) atoms. The maximum atomic E-state index is 10.1. The van der Waals surface area contributed by atoms with Gasteiger partial charge in [-0.05, 0) is 28.1 Å². The number of thiophene rings is 1. The Kier molecular flexibility index (Phi) is 3.67. The molecule has 1 atom stereocenters. The highest BCUT2D eigenvalue weighted by Gasteiger charge is 2.11. The van der Waals surface area contributed by atoms with Crippen molar-refractivity contribution in [2.45, 2.75) is 13.0 Å². The lowest BCUT2D eigenvalue weighted by Gasteiger charge is -2.10. The maximum absolute atomic E-state index is 10.1. The Morgan fingerprint density at radius 2 is 2.27 bits per heavy atom. The van der Waals surface area contributed by atoms with E-state index in [0.29, 0.717) is 0 Å². The second-order valence-electron chi connectivity index (χ2n) is 3.36. The molecule has 2 rings (SSSR count). The first-order valence-electron chi connectivity index (χ1n) is 5.05. The van der Waals surface area contributed by atoms with Crippen LogP contribution in [0.15, 0.2) is 29.6 Å². The van der Waals surface area contributed by atoms with Crippen LogP contribution in [0.5, 0.6) is 0 Å². The van der Waals surface area contributed by atoms with Crippen molar-refractivity contribution in [3.8, 4) is 0 Å². The lowest BCUT2D eigenvalue weighted by Crippen LogP contribution is -2.00. The molecule has 0 aliphatic carbocycles. The van der Waals surface area contributed by atoms with Crippen LogP contribution in [0.25, 0.3) is 10.1 Å². The molecule has 80 valence electrons. The van der Waals surface area contributed by atoms with Gasteiger partial charge in [0.1, 0.15) is 0 Å². The summed E-state index contributed by atoms with van der Waals surface area (Å²) in [6, 6.07) is 8.24. The van der Waals surface area contributed by atoms with Gasteiger partial charge in [0, 0.05) is 10.5 Å². The van der Waals surface area contributed by atoms with Crippen molar-refractivity contribution >= 4 is 33.2 Å². The van der Waals surface area contributed by atoms with Crippen molar-refractivity contribution in [2.75, 3.05) is 11.5 Å². The van der Waals surface area contributed by atoms with Gasteiger partial charge in [-0.2, -0.15) is 11.8 Å². The average molecular weight is 238 g/mol. The third-order valence-corrected chi connectivity index (χ3v) is 4.29. The fourth-order valence-electron chi connectivity index (χ4n) is 1.60. The van der Waals surface area contributed by atoms with Gasteiger partial charge in [-0.25, -0.2) is 0 Å². The van der Waals surface area contributed by atoms with E-state index in [0.717, 1.165) is 17.1 Å². The van der Waals surface area contributed by atoms with Crippen LogP contribution in [-0.2, 0) is 0 Å². The van der Waals surface area contributed by atoms with E-state index >= 15 is 0 Å². The summed E-state index contributed by atoms with van der Waals surface area (Å²) in [5, 5.41) is 13.4. The molecule has 0 spiro atoms.